The highest BCUT2D eigenvalue weighted by Crippen LogP contribution is 2.19. The molecule has 2 N–H and O–H groups in total. The van der Waals surface area contributed by atoms with E-state index in [9.17, 15) is 4.39 Å². The van der Waals surface area contributed by atoms with Crippen molar-refractivity contribution in [3.8, 4) is 11.4 Å². The van der Waals surface area contributed by atoms with E-state index in [1.165, 1.54) is 6.07 Å². The van der Waals surface area contributed by atoms with Crippen LogP contribution in [-0.2, 0) is 13.0 Å². The Labute approximate surface area is 161 Å². The molecule has 27 heavy (non-hydrogen) atoms. The van der Waals surface area contributed by atoms with E-state index in [4.69, 9.17) is 16.1 Å². The van der Waals surface area contributed by atoms with Crippen LogP contribution in [0.5, 0.6) is 0 Å². The Morgan fingerprint density at radius 3 is 2.81 bits per heavy atom. The third kappa shape index (κ3) is 5.27. The molecule has 0 unspecified atom stereocenters. The molecule has 140 valence electrons. The molecule has 1 heterocycles. The number of hydrogen-bond acceptors (Lipinski definition) is 4. The number of rotatable bonds is 6. The lowest BCUT2D eigenvalue weighted by molar-refractivity contribution is 0.378. The van der Waals surface area contributed by atoms with Gasteiger partial charge in [0, 0.05) is 42.7 Å². The van der Waals surface area contributed by atoms with Crippen LogP contribution in [0.1, 0.15) is 11.5 Å². The van der Waals surface area contributed by atoms with Crippen molar-refractivity contribution in [1.29, 1.82) is 0 Å². The maximum Gasteiger partial charge on any atom is 0.228 e. The Morgan fingerprint density at radius 2 is 2.04 bits per heavy atom. The Balaban J connectivity index is 1.49. The first-order valence-corrected chi connectivity index (χ1v) is 8.80. The lowest BCUT2D eigenvalue weighted by Crippen LogP contribution is -2.38. The van der Waals surface area contributed by atoms with Gasteiger partial charge >= 0.3 is 0 Å². The molecule has 6 nitrogen and oxygen atoms in total. The average molecular weight is 388 g/mol. The van der Waals surface area contributed by atoms with E-state index in [2.05, 4.69) is 25.8 Å². The molecule has 0 amide bonds. The zero-order valence-corrected chi connectivity index (χ0v) is 15.5. The minimum atomic E-state index is -0.250. The van der Waals surface area contributed by atoms with Gasteiger partial charge in [0.25, 0.3) is 0 Å². The summed E-state index contributed by atoms with van der Waals surface area (Å²) in [4.78, 5) is 8.48. The molecule has 0 aliphatic rings. The molecule has 0 saturated carbocycles. The summed E-state index contributed by atoms with van der Waals surface area (Å²) in [6, 6.07) is 13.9. The first kappa shape index (κ1) is 18.8. The first-order chi connectivity index (χ1) is 13.2. The third-order valence-electron chi connectivity index (χ3n) is 3.81. The summed E-state index contributed by atoms with van der Waals surface area (Å²) in [7, 11) is 1.65. The van der Waals surface area contributed by atoms with Crippen LogP contribution in [0.3, 0.4) is 0 Å². The van der Waals surface area contributed by atoms with Crippen LogP contribution < -0.4 is 10.6 Å². The van der Waals surface area contributed by atoms with Crippen LogP contribution >= 0.6 is 11.6 Å². The molecule has 0 spiro atoms. The quantitative estimate of drug-likeness (QED) is 0.500. The Hall–Kier alpha value is -2.93. The summed E-state index contributed by atoms with van der Waals surface area (Å²) in [6.07, 6.45) is 0.522. The van der Waals surface area contributed by atoms with E-state index in [1.807, 2.05) is 12.1 Å². The fraction of sp³-hybridized carbons (Fsp3) is 0.211. The molecule has 1 aromatic heterocycles. The van der Waals surface area contributed by atoms with Gasteiger partial charge in [-0.05, 0) is 18.2 Å². The molecule has 2 aromatic carbocycles. The molecular formula is C19H19ClFN5O. The summed E-state index contributed by atoms with van der Waals surface area (Å²) in [6.45, 7) is 0.875. The van der Waals surface area contributed by atoms with E-state index in [0.29, 0.717) is 47.8 Å². The van der Waals surface area contributed by atoms with Crippen LogP contribution in [0.25, 0.3) is 11.4 Å². The minimum absolute atomic E-state index is 0.250. The predicted molar refractivity (Wildman–Crippen MR) is 103 cm³/mol. The van der Waals surface area contributed by atoms with Gasteiger partial charge in [0.1, 0.15) is 5.82 Å². The number of hydrogen-bond donors (Lipinski definition) is 2. The first-order valence-electron chi connectivity index (χ1n) is 8.42. The van der Waals surface area contributed by atoms with Gasteiger partial charge in [-0.2, -0.15) is 4.98 Å². The summed E-state index contributed by atoms with van der Waals surface area (Å²) in [5, 5.41) is 10.8. The molecule has 0 bridgehead atoms. The molecule has 3 aromatic rings. The summed E-state index contributed by atoms with van der Waals surface area (Å²) < 4.78 is 18.9. The highest BCUT2D eigenvalue weighted by atomic mass is 35.5. The predicted octanol–water partition coefficient (Wildman–Crippen LogP) is 3.44. The summed E-state index contributed by atoms with van der Waals surface area (Å²) in [5.74, 6) is 1.31. The maximum absolute atomic E-state index is 13.6. The van der Waals surface area contributed by atoms with Crippen molar-refractivity contribution < 1.29 is 8.91 Å². The molecule has 0 aliphatic heterocycles. The fourth-order valence-electron chi connectivity index (χ4n) is 2.43. The SMILES string of the molecule is CN=C(NCCc1nc(-c2cccc(Cl)c2)no1)NCc1ccccc1F. The van der Waals surface area contributed by atoms with Crippen LogP contribution in [0, 0.1) is 5.82 Å². The van der Waals surface area contributed by atoms with Gasteiger partial charge in [0.15, 0.2) is 5.96 Å². The van der Waals surface area contributed by atoms with E-state index in [1.54, 1.807) is 37.4 Å². The van der Waals surface area contributed by atoms with Crippen LogP contribution in [0.2, 0.25) is 5.02 Å². The van der Waals surface area contributed by atoms with Gasteiger partial charge in [0.2, 0.25) is 11.7 Å². The van der Waals surface area contributed by atoms with Crippen molar-refractivity contribution >= 4 is 17.6 Å². The Bertz CT molecular complexity index is 928. The number of halogens is 2. The number of nitrogens with one attached hydrogen (secondary N) is 2. The monoisotopic (exact) mass is 387 g/mol. The van der Waals surface area contributed by atoms with Gasteiger partial charge in [0.05, 0.1) is 0 Å². The third-order valence-corrected chi connectivity index (χ3v) is 4.05. The van der Waals surface area contributed by atoms with E-state index in [-0.39, 0.29) is 5.82 Å². The van der Waals surface area contributed by atoms with E-state index in [0.717, 1.165) is 5.56 Å². The van der Waals surface area contributed by atoms with E-state index < -0.39 is 0 Å². The van der Waals surface area contributed by atoms with Crippen molar-refractivity contribution in [3.63, 3.8) is 0 Å². The number of nitrogens with zero attached hydrogens (tertiary/aromatic N) is 3. The normalized spacial score (nSPS) is 11.4. The largest absolute Gasteiger partial charge is 0.356 e. The zero-order valence-electron chi connectivity index (χ0n) is 14.7. The summed E-state index contributed by atoms with van der Waals surface area (Å²) in [5.41, 5.74) is 1.37. The Morgan fingerprint density at radius 1 is 1.19 bits per heavy atom. The van der Waals surface area contributed by atoms with Crippen molar-refractivity contribution in [2.75, 3.05) is 13.6 Å². The second kappa shape index (κ2) is 9.14. The van der Waals surface area contributed by atoms with Crippen molar-refractivity contribution in [1.82, 2.24) is 20.8 Å². The maximum atomic E-state index is 13.6. The van der Waals surface area contributed by atoms with Gasteiger partial charge in [-0.1, -0.05) is 47.1 Å². The van der Waals surface area contributed by atoms with Crippen molar-refractivity contribution in [2.24, 2.45) is 4.99 Å². The number of aromatic nitrogens is 2. The number of aliphatic imine (C=N–C) groups is 1. The molecular weight excluding hydrogens is 369 g/mol. The lowest BCUT2D eigenvalue weighted by atomic mass is 10.2. The molecule has 3 rings (SSSR count). The minimum Gasteiger partial charge on any atom is -0.356 e. The topological polar surface area (TPSA) is 75.3 Å². The average Bonchev–Trinajstić information content (AvgIpc) is 3.14. The fourth-order valence-corrected chi connectivity index (χ4v) is 2.62. The van der Waals surface area contributed by atoms with Gasteiger partial charge in [-0.15, -0.1) is 0 Å². The molecule has 8 heteroatoms. The molecule has 0 aliphatic carbocycles. The zero-order chi connectivity index (χ0) is 19.1. The van der Waals surface area contributed by atoms with Gasteiger partial charge < -0.3 is 15.2 Å². The van der Waals surface area contributed by atoms with Crippen LogP contribution in [0.15, 0.2) is 58.0 Å². The van der Waals surface area contributed by atoms with Crippen LogP contribution in [-0.4, -0.2) is 29.7 Å². The lowest BCUT2D eigenvalue weighted by Gasteiger charge is -2.11. The highest BCUT2D eigenvalue weighted by molar-refractivity contribution is 6.30. The second-order valence-electron chi connectivity index (χ2n) is 5.72. The van der Waals surface area contributed by atoms with E-state index >= 15 is 0 Å². The van der Waals surface area contributed by atoms with Crippen molar-refractivity contribution in [2.45, 2.75) is 13.0 Å². The molecule has 0 saturated heterocycles. The molecule has 0 fully saturated rings. The molecule has 0 radical (unpaired) electrons. The number of guanidine groups is 1. The standard InChI is InChI=1S/C19H19ClFN5O/c1-22-19(24-12-14-5-2-3-8-16(14)21)23-10-9-17-25-18(26-27-17)13-6-4-7-15(20)11-13/h2-8,11H,9-10,12H2,1H3,(H2,22,23,24). The smallest absolute Gasteiger partial charge is 0.228 e. The highest BCUT2D eigenvalue weighted by Gasteiger charge is 2.09. The van der Waals surface area contributed by atoms with Gasteiger partial charge in [-0.3, -0.25) is 4.99 Å². The van der Waals surface area contributed by atoms with Crippen LogP contribution in [0.4, 0.5) is 4.39 Å². The second-order valence-corrected chi connectivity index (χ2v) is 6.15. The van der Waals surface area contributed by atoms with Gasteiger partial charge in [-0.25, -0.2) is 4.39 Å². The summed E-state index contributed by atoms with van der Waals surface area (Å²) >= 11 is 5.98. The Kier molecular flexibility index (Phi) is 6.38. The molecule has 0 atom stereocenters. The number of benzene rings is 2. The van der Waals surface area contributed by atoms with Crippen molar-refractivity contribution in [3.05, 3.63) is 70.8 Å².